The highest BCUT2D eigenvalue weighted by molar-refractivity contribution is 6.04. The summed E-state index contributed by atoms with van der Waals surface area (Å²) in [6.07, 6.45) is -0.0284. The first kappa shape index (κ1) is 19.4. The number of hydrogen-bond donors (Lipinski definition) is 2. The summed E-state index contributed by atoms with van der Waals surface area (Å²) >= 11 is 0. The largest absolute Gasteiger partial charge is 0.480 e. The quantitative estimate of drug-likeness (QED) is 0.729. The molecule has 1 heterocycles. The van der Waals surface area contributed by atoms with Gasteiger partial charge in [-0.15, -0.1) is 0 Å². The van der Waals surface area contributed by atoms with Gasteiger partial charge in [0, 0.05) is 19.5 Å². The van der Waals surface area contributed by atoms with Crippen LogP contribution < -0.4 is 10.6 Å². The van der Waals surface area contributed by atoms with Gasteiger partial charge in [-0.25, -0.2) is 0 Å². The predicted molar refractivity (Wildman–Crippen MR) is 108 cm³/mol. The molecular weight excluding hydrogens is 352 g/mol. The van der Waals surface area contributed by atoms with Crippen molar-refractivity contribution in [1.29, 1.82) is 0 Å². The number of carbonyl (C=O) groups excluding carboxylic acids is 2. The summed E-state index contributed by atoms with van der Waals surface area (Å²) in [6.45, 7) is 6.48. The maximum atomic E-state index is 12.7. The third kappa shape index (κ3) is 4.88. The lowest BCUT2D eigenvalue weighted by Gasteiger charge is -2.12. The maximum absolute atomic E-state index is 12.7. The Labute approximate surface area is 165 Å². The van der Waals surface area contributed by atoms with Gasteiger partial charge in [-0.2, -0.15) is 0 Å². The van der Waals surface area contributed by atoms with Crippen LogP contribution in [0.3, 0.4) is 0 Å². The normalized spacial score (nSPS) is 15.7. The minimum absolute atomic E-state index is 0.0782. The van der Waals surface area contributed by atoms with E-state index in [-0.39, 0.29) is 17.8 Å². The smallest absolute Gasteiger partial charge is 0.287 e. The Morgan fingerprint density at radius 1 is 0.929 bits per heavy atom. The molecule has 2 amide bonds. The molecule has 2 aromatic rings. The van der Waals surface area contributed by atoms with E-state index in [1.54, 1.807) is 0 Å². The third-order valence-corrected chi connectivity index (χ3v) is 4.55. The fourth-order valence-electron chi connectivity index (χ4n) is 2.94. The molecule has 1 aliphatic heterocycles. The number of amides is 2. The van der Waals surface area contributed by atoms with Crippen molar-refractivity contribution < 1.29 is 14.3 Å². The number of benzene rings is 2. The van der Waals surface area contributed by atoms with Crippen molar-refractivity contribution in [3.05, 3.63) is 95.3 Å². The summed E-state index contributed by atoms with van der Waals surface area (Å²) in [6, 6.07) is 19.2. The van der Waals surface area contributed by atoms with Crippen LogP contribution in [0.1, 0.15) is 24.5 Å². The highest BCUT2D eigenvalue weighted by Gasteiger charge is 2.34. The van der Waals surface area contributed by atoms with Gasteiger partial charge >= 0.3 is 0 Å². The first-order valence-corrected chi connectivity index (χ1v) is 9.24. The molecular formula is C23H24N2O3. The van der Waals surface area contributed by atoms with Crippen LogP contribution in [0.2, 0.25) is 0 Å². The van der Waals surface area contributed by atoms with Gasteiger partial charge in [0.15, 0.2) is 5.76 Å². The van der Waals surface area contributed by atoms with Gasteiger partial charge in [-0.05, 0) is 23.6 Å². The fraction of sp³-hybridized carbons (Fsp3) is 0.217. The SMILES string of the molecule is C=C(C)C1CC(C(=O)NCc2ccccc2)=C(C(=O)NCc2ccccc2)O1. The summed E-state index contributed by atoms with van der Waals surface area (Å²) in [5.74, 6) is -0.607. The number of rotatable bonds is 7. The lowest BCUT2D eigenvalue weighted by atomic mass is 10.0. The second-order valence-electron chi connectivity index (χ2n) is 6.80. The number of ether oxygens (including phenoxy) is 1. The lowest BCUT2D eigenvalue weighted by molar-refractivity contribution is -0.122. The molecule has 0 aliphatic carbocycles. The Kier molecular flexibility index (Phi) is 6.27. The summed E-state index contributed by atoms with van der Waals surface area (Å²) in [4.78, 5) is 25.4. The molecule has 5 nitrogen and oxygen atoms in total. The van der Waals surface area contributed by atoms with Gasteiger partial charge in [0.05, 0.1) is 5.57 Å². The van der Waals surface area contributed by atoms with E-state index in [4.69, 9.17) is 4.74 Å². The zero-order valence-electron chi connectivity index (χ0n) is 15.9. The second kappa shape index (κ2) is 9.04. The van der Waals surface area contributed by atoms with E-state index in [0.29, 0.717) is 25.1 Å². The van der Waals surface area contributed by atoms with Gasteiger partial charge in [-0.1, -0.05) is 67.2 Å². The van der Waals surface area contributed by atoms with Crippen LogP contribution in [0.5, 0.6) is 0 Å². The number of nitrogens with one attached hydrogen (secondary N) is 2. The van der Waals surface area contributed by atoms with Crippen molar-refractivity contribution in [3.8, 4) is 0 Å². The van der Waals surface area contributed by atoms with Crippen molar-refractivity contribution >= 4 is 11.8 Å². The van der Waals surface area contributed by atoms with Crippen molar-refractivity contribution in [2.24, 2.45) is 0 Å². The highest BCUT2D eigenvalue weighted by Crippen LogP contribution is 2.29. The van der Waals surface area contributed by atoms with Gasteiger partial charge in [0.25, 0.3) is 11.8 Å². The Bertz CT molecular complexity index is 821. The van der Waals surface area contributed by atoms with Gasteiger partial charge < -0.3 is 15.4 Å². The molecule has 2 N–H and O–H groups in total. The molecule has 3 rings (SSSR count). The van der Waals surface area contributed by atoms with Crippen LogP contribution in [0.25, 0.3) is 0 Å². The van der Waals surface area contributed by atoms with Crippen molar-refractivity contribution in [1.82, 2.24) is 10.6 Å². The molecule has 0 saturated heterocycles. The monoisotopic (exact) mass is 376 g/mol. The van der Waals surface area contributed by atoms with E-state index in [9.17, 15) is 9.59 Å². The zero-order valence-corrected chi connectivity index (χ0v) is 15.9. The molecule has 0 aromatic heterocycles. The van der Waals surface area contributed by atoms with Crippen molar-refractivity contribution in [2.75, 3.05) is 0 Å². The second-order valence-corrected chi connectivity index (χ2v) is 6.80. The van der Waals surface area contributed by atoms with Crippen LogP contribution in [0.4, 0.5) is 0 Å². The molecule has 28 heavy (non-hydrogen) atoms. The molecule has 0 spiro atoms. The Hall–Kier alpha value is -3.34. The van der Waals surface area contributed by atoms with E-state index in [2.05, 4.69) is 17.2 Å². The number of carbonyl (C=O) groups is 2. The maximum Gasteiger partial charge on any atom is 0.287 e. The average molecular weight is 376 g/mol. The average Bonchev–Trinajstić information content (AvgIpc) is 3.18. The molecule has 1 atom stereocenters. The Morgan fingerprint density at radius 2 is 1.43 bits per heavy atom. The molecule has 0 bridgehead atoms. The van der Waals surface area contributed by atoms with E-state index >= 15 is 0 Å². The lowest BCUT2D eigenvalue weighted by Crippen LogP contribution is -2.29. The highest BCUT2D eigenvalue weighted by atomic mass is 16.5. The molecule has 0 saturated carbocycles. The van der Waals surface area contributed by atoms with Crippen LogP contribution in [-0.4, -0.2) is 17.9 Å². The molecule has 144 valence electrons. The zero-order chi connectivity index (χ0) is 19.9. The number of hydrogen-bond acceptors (Lipinski definition) is 3. The van der Waals surface area contributed by atoms with E-state index in [0.717, 1.165) is 16.7 Å². The van der Waals surface area contributed by atoms with E-state index < -0.39 is 5.91 Å². The summed E-state index contributed by atoms with van der Waals surface area (Å²) < 4.78 is 5.77. The molecule has 5 heteroatoms. The minimum Gasteiger partial charge on any atom is -0.480 e. The Balaban J connectivity index is 1.70. The van der Waals surface area contributed by atoms with Crippen LogP contribution in [0.15, 0.2) is 84.1 Å². The van der Waals surface area contributed by atoms with Crippen LogP contribution in [0, 0.1) is 0 Å². The first-order valence-electron chi connectivity index (χ1n) is 9.24. The minimum atomic E-state index is -0.391. The van der Waals surface area contributed by atoms with Crippen LogP contribution >= 0.6 is 0 Å². The molecule has 0 radical (unpaired) electrons. The van der Waals surface area contributed by atoms with Gasteiger partial charge in [0.2, 0.25) is 0 Å². The molecule has 2 aromatic carbocycles. The predicted octanol–water partition coefficient (Wildman–Crippen LogP) is 3.24. The van der Waals surface area contributed by atoms with Gasteiger partial charge in [-0.3, -0.25) is 9.59 Å². The summed E-state index contributed by atoms with van der Waals surface area (Å²) in [5, 5.41) is 5.70. The van der Waals surface area contributed by atoms with Gasteiger partial charge in [0.1, 0.15) is 6.10 Å². The Morgan fingerprint density at radius 3 is 1.93 bits per heavy atom. The van der Waals surface area contributed by atoms with Crippen LogP contribution in [-0.2, 0) is 27.4 Å². The van der Waals surface area contributed by atoms with E-state index in [1.807, 2.05) is 67.6 Å². The third-order valence-electron chi connectivity index (χ3n) is 4.55. The van der Waals surface area contributed by atoms with E-state index in [1.165, 1.54) is 0 Å². The molecule has 1 unspecified atom stereocenters. The molecule has 0 fully saturated rings. The summed E-state index contributed by atoms with van der Waals surface area (Å²) in [7, 11) is 0. The fourth-order valence-corrected chi connectivity index (χ4v) is 2.94. The van der Waals surface area contributed by atoms with Crippen molar-refractivity contribution in [3.63, 3.8) is 0 Å². The first-order chi connectivity index (χ1) is 13.5. The summed E-state index contributed by atoms with van der Waals surface area (Å²) in [5.41, 5.74) is 3.09. The topological polar surface area (TPSA) is 67.4 Å². The molecule has 1 aliphatic rings. The standard InChI is InChI=1S/C23H24N2O3/c1-16(2)20-13-19(22(26)24-14-17-9-5-3-6-10-17)21(28-20)23(27)25-15-18-11-7-4-8-12-18/h3-12,20H,1,13-15H2,2H3,(H,24,26)(H,25,27). The van der Waals surface area contributed by atoms with Crippen molar-refractivity contribution in [2.45, 2.75) is 32.5 Å².